The summed E-state index contributed by atoms with van der Waals surface area (Å²) in [5.41, 5.74) is 1.99. The minimum Gasteiger partial charge on any atom is -0.493 e. The van der Waals surface area contributed by atoms with E-state index in [1.54, 1.807) is 19.2 Å². The highest BCUT2D eigenvalue weighted by Crippen LogP contribution is 2.30. The van der Waals surface area contributed by atoms with Crippen LogP contribution in [-0.4, -0.2) is 28.0 Å². The molecule has 0 heterocycles. The summed E-state index contributed by atoms with van der Waals surface area (Å²) in [4.78, 5) is 4.33. The zero-order valence-corrected chi connectivity index (χ0v) is 16.7. The number of guanidine groups is 1. The smallest absolute Gasteiger partial charge is 0.238 e. The van der Waals surface area contributed by atoms with Gasteiger partial charge in [-0.1, -0.05) is 30.3 Å². The molecule has 150 valence electrons. The Balaban J connectivity index is 1.52. The number of hydrogen-bond donors (Lipinski definition) is 3. The van der Waals surface area contributed by atoms with Crippen molar-refractivity contribution in [1.29, 1.82) is 0 Å². The summed E-state index contributed by atoms with van der Waals surface area (Å²) in [5, 5.41) is 11.6. The molecule has 0 radical (unpaired) electrons. The van der Waals surface area contributed by atoms with Crippen LogP contribution in [0, 0.1) is 5.92 Å². The number of rotatable bonds is 8. The molecule has 28 heavy (non-hydrogen) atoms. The molecule has 0 aromatic heterocycles. The van der Waals surface area contributed by atoms with E-state index in [4.69, 9.17) is 9.88 Å². The minimum atomic E-state index is -3.67. The third-order valence-electron chi connectivity index (χ3n) is 4.53. The average Bonchev–Trinajstić information content (AvgIpc) is 3.51. The molecule has 1 aliphatic rings. The van der Waals surface area contributed by atoms with Gasteiger partial charge in [0, 0.05) is 25.7 Å². The lowest BCUT2D eigenvalue weighted by Gasteiger charge is -2.15. The molecule has 2 aromatic rings. The molecule has 0 aliphatic heterocycles. The highest BCUT2D eigenvalue weighted by atomic mass is 32.2. The Bertz CT molecular complexity index is 923. The van der Waals surface area contributed by atoms with Gasteiger partial charge < -0.3 is 15.4 Å². The van der Waals surface area contributed by atoms with Gasteiger partial charge in [0.05, 0.1) is 11.5 Å². The number of ether oxygens (including phenoxy) is 1. The fraction of sp³-hybridized carbons (Fsp3) is 0.350. The van der Waals surface area contributed by atoms with Gasteiger partial charge in [-0.25, -0.2) is 13.6 Å². The molecule has 1 fully saturated rings. The highest BCUT2D eigenvalue weighted by molar-refractivity contribution is 7.89. The summed E-state index contributed by atoms with van der Waals surface area (Å²) in [5.74, 6) is 2.25. The first kappa shape index (κ1) is 20.2. The minimum absolute atomic E-state index is 0.0987. The maximum Gasteiger partial charge on any atom is 0.238 e. The second-order valence-corrected chi connectivity index (χ2v) is 8.39. The van der Waals surface area contributed by atoms with Gasteiger partial charge >= 0.3 is 0 Å². The molecular formula is C20H26N4O3S. The summed E-state index contributed by atoms with van der Waals surface area (Å²) < 4.78 is 28.6. The molecule has 4 N–H and O–H groups in total. The summed E-state index contributed by atoms with van der Waals surface area (Å²) in [6.45, 7) is 1.87. The van der Waals surface area contributed by atoms with E-state index in [-0.39, 0.29) is 4.90 Å². The molecule has 0 spiro atoms. The SMILES string of the molecule is CN=C(NCc1ccc(S(N)(=O)=O)cc1)NCc1ccccc1OCC1CC1. The molecule has 2 aromatic carbocycles. The predicted octanol–water partition coefficient (Wildman–Crippen LogP) is 1.99. The van der Waals surface area contributed by atoms with E-state index in [1.807, 2.05) is 24.3 Å². The number of aliphatic imine (C=N–C) groups is 1. The van der Waals surface area contributed by atoms with Gasteiger partial charge in [0.2, 0.25) is 10.0 Å². The Morgan fingerprint density at radius 3 is 2.43 bits per heavy atom. The number of primary sulfonamides is 1. The van der Waals surface area contributed by atoms with Crippen molar-refractivity contribution < 1.29 is 13.2 Å². The summed E-state index contributed by atoms with van der Waals surface area (Å²) in [7, 11) is -1.97. The van der Waals surface area contributed by atoms with E-state index in [0.717, 1.165) is 23.5 Å². The van der Waals surface area contributed by atoms with Crippen molar-refractivity contribution in [3.63, 3.8) is 0 Å². The Kier molecular flexibility index (Phi) is 6.53. The number of nitrogens with two attached hydrogens (primary N) is 1. The maximum absolute atomic E-state index is 11.3. The van der Waals surface area contributed by atoms with Crippen LogP contribution in [-0.2, 0) is 23.1 Å². The Labute approximate surface area is 166 Å². The van der Waals surface area contributed by atoms with Crippen molar-refractivity contribution in [1.82, 2.24) is 10.6 Å². The van der Waals surface area contributed by atoms with Crippen LogP contribution in [0.3, 0.4) is 0 Å². The second kappa shape index (κ2) is 9.07. The molecule has 0 amide bonds. The van der Waals surface area contributed by atoms with Gasteiger partial charge in [0.15, 0.2) is 5.96 Å². The fourth-order valence-corrected chi connectivity index (χ4v) is 3.18. The lowest BCUT2D eigenvalue weighted by Crippen LogP contribution is -2.36. The van der Waals surface area contributed by atoms with E-state index in [1.165, 1.54) is 25.0 Å². The van der Waals surface area contributed by atoms with E-state index >= 15 is 0 Å². The van der Waals surface area contributed by atoms with Crippen LogP contribution in [0.25, 0.3) is 0 Å². The third-order valence-corrected chi connectivity index (χ3v) is 5.46. The van der Waals surface area contributed by atoms with Crippen molar-refractivity contribution in [2.24, 2.45) is 16.0 Å². The number of nitrogens with zero attached hydrogens (tertiary/aromatic N) is 1. The summed E-state index contributed by atoms with van der Waals surface area (Å²) >= 11 is 0. The van der Waals surface area contributed by atoms with Crippen molar-refractivity contribution in [2.45, 2.75) is 30.8 Å². The number of hydrogen-bond acceptors (Lipinski definition) is 4. The molecule has 3 rings (SSSR count). The third kappa shape index (κ3) is 5.97. The first-order chi connectivity index (χ1) is 13.5. The molecule has 1 saturated carbocycles. The Morgan fingerprint density at radius 1 is 1.11 bits per heavy atom. The molecule has 0 unspecified atom stereocenters. The quantitative estimate of drug-likeness (QED) is 0.463. The van der Waals surface area contributed by atoms with Crippen LogP contribution >= 0.6 is 0 Å². The largest absolute Gasteiger partial charge is 0.493 e. The lowest BCUT2D eigenvalue weighted by molar-refractivity contribution is 0.296. The average molecular weight is 403 g/mol. The van der Waals surface area contributed by atoms with Gasteiger partial charge in [-0.3, -0.25) is 4.99 Å². The van der Waals surface area contributed by atoms with Crippen LogP contribution in [0.4, 0.5) is 0 Å². The Morgan fingerprint density at radius 2 is 1.79 bits per heavy atom. The predicted molar refractivity (Wildman–Crippen MR) is 110 cm³/mol. The number of sulfonamides is 1. The molecule has 8 heteroatoms. The van der Waals surface area contributed by atoms with Gasteiger partial charge in [-0.05, 0) is 42.5 Å². The zero-order chi connectivity index (χ0) is 20.0. The van der Waals surface area contributed by atoms with Crippen LogP contribution in [0.1, 0.15) is 24.0 Å². The van der Waals surface area contributed by atoms with Crippen LogP contribution < -0.4 is 20.5 Å². The highest BCUT2D eigenvalue weighted by Gasteiger charge is 2.22. The van der Waals surface area contributed by atoms with Gasteiger partial charge in [0.1, 0.15) is 5.75 Å². The molecule has 0 bridgehead atoms. The van der Waals surface area contributed by atoms with Crippen LogP contribution in [0.2, 0.25) is 0 Å². The van der Waals surface area contributed by atoms with E-state index in [9.17, 15) is 8.42 Å². The van der Waals surface area contributed by atoms with E-state index in [2.05, 4.69) is 15.6 Å². The molecule has 0 atom stereocenters. The second-order valence-electron chi connectivity index (χ2n) is 6.83. The van der Waals surface area contributed by atoms with E-state index < -0.39 is 10.0 Å². The number of para-hydroxylation sites is 1. The monoisotopic (exact) mass is 402 g/mol. The van der Waals surface area contributed by atoms with Gasteiger partial charge in [-0.15, -0.1) is 0 Å². The van der Waals surface area contributed by atoms with Crippen LogP contribution in [0.15, 0.2) is 58.4 Å². The zero-order valence-electron chi connectivity index (χ0n) is 15.9. The standard InChI is InChI=1S/C20H26N4O3S/c1-22-20(23-12-15-8-10-18(11-9-15)28(21,25)26)24-13-17-4-2-3-5-19(17)27-14-16-6-7-16/h2-5,8-11,16H,6-7,12-14H2,1H3,(H2,21,25,26)(H2,22,23,24). The van der Waals surface area contributed by atoms with Crippen molar-refractivity contribution in [3.8, 4) is 5.75 Å². The molecule has 1 aliphatic carbocycles. The molecular weight excluding hydrogens is 376 g/mol. The molecule has 0 saturated heterocycles. The number of benzene rings is 2. The fourth-order valence-electron chi connectivity index (χ4n) is 2.67. The molecule has 7 nitrogen and oxygen atoms in total. The summed E-state index contributed by atoms with van der Waals surface area (Å²) in [6.07, 6.45) is 2.52. The first-order valence-corrected chi connectivity index (χ1v) is 10.8. The van der Waals surface area contributed by atoms with Crippen LogP contribution in [0.5, 0.6) is 5.75 Å². The summed E-state index contributed by atoms with van der Waals surface area (Å²) in [6, 6.07) is 14.4. The van der Waals surface area contributed by atoms with Crippen molar-refractivity contribution in [3.05, 3.63) is 59.7 Å². The van der Waals surface area contributed by atoms with Gasteiger partial charge in [-0.2, -0.15) is 0 Å². The van der Waals surface area contributed by atoms with Crippen molar-refractivity contribution in [2.75, 3.05) is 13.7 Å². The first-order valence-electron chi connectivity index (χ1n) is 9.22. The van der Waals surface area contributed by atoms with Crippen molar-refractivity contribution >= 4 is 16.0 Å². The number of nitrogens with one attached hydrogen (secondary N) is 2. The van der Waals surface area contributed by atoms with Gasteiger partial charge in [0.25, 0.3) is 0 Å². The Hall–Kier alpha value is -2.58. The maximum atomic E-state index is 11.3. The van der Waals surface area contributed by atoms with E-state index in [0.29, 0.717) is 25.0 Å². The lowest BCUT2D eigenvalue weighted by atomic mass is 10.2. The normalized spacial score (nSPS) is 14.6. The topological polar surface area (TPSA) is 106 Å².